The van der Waals surface area contributed by atoms with Gasteiger partial charge in [0.1, 0.15) is 0 Å². The number of esters is 1. The lowest BCUT2D eigenvalue weighted by Gasteiger charge is -2.21. The standard InChI is InChI=1S/C21H20N2O4S/c1-2-11-23(16-6-4-3-5-7-16)20(25)14-27-21(26)15-8-9-18-17(13-15)22-19(24)10-12-28-18/h2-9,13H,1,10-12,14H2,(H,22,24). The maximum Gasteiger partial charge on any atom is 0.338 e. The van der Waals surface area contributed by atoms with Gasteiger partial charge in [-0.1, -0.05) is 24.3 Å². The number of benzene rings is 2. The lowest BCUT2D eigenvalue weighted by molar-refractivity contribution is -0.121. The Balaban J connectivity index is 1.67. The van der Waals surface area contributed by atoms with Crippen LogP contribution in [-0.2, 0) is 14.3 Å². The smallest absolute Gasteiger partial charge is 0.338 e. The van der Waals surface area contributed by atoms with Gasteiger partial charge in [-0.05, 0) is 30.3 Å². The van der Waals surface area contributed by atoms with Crippen LogP contribution in [0.2, 0.25) is 0 Å². The van der Waals surface area contributed by atoms with Gasteiger partial charge in [0.05, 0.1) is 11.3 Å². The Kier molecular flexibility index (Phi) is 6.49. The second kappa shape index (κ2) is 9.23. The fraction of sp³-hybridized carbons (Fsp3) is 0.190. The average molecular weight is 396 g/mol. The molecule has 1 heterocycles. The highest BCUT2D eigenvalue weighted by molar-refractivity contribution is 7.99. The molecule has 6 nitrogen and oxygen atoms in total. The van der Waals surface area contributed by atoms with E-state index in [0.717, 1.165) is 4.90 Å². The second-order valence-electron chi connectivity index (χ2n) is 6.06. The summed E-state index contributed by atoms with van der Waals surface area (Å²) in [7, 11) is 0. The molecule has 28 heavy (non-hydrogen) atoms. The summed E-state index contributed by atoms with van der Waals surface area (Å²) >= 11 is 1.55. The molecular weight excluding hydrogens is 376 g/mol. The maximum atomic E-state index is 12.5. The highest BCUT2D eigenvalue weighted by Gasteiger charge is 2.19. The molecule has 0 aliphatic carbocycles. The molecule has 0 saturated heterocycles. The Morgan fingerprint density at radius 1 is 1.21 bits per heavy atom. The van der Waals surface area contributed by atoms with Crippen LogP contribution in [0.15, 0.2) is 66.1 Å². The minimum Gasteiger partial charge on any atom is -0.452 e. The van der Waals surface area contributed by atoms with Gasteiger partial charge < -0.3 is 15.0 Å². The molecule has 1 aliphatic rings. The number of fused-ring (bicyclic) bond motifs is 1. The van der Waals surface area contributed by atoms with Crippen LogP contribution in [0.25, 0.3) is 0 Å². The molecule has 2 aromatic carbocycles. The number of hydrogen-bond donors (Lipinski definition) is 1. The molecule has 1 N–H and O–H groups in total. The summed E-state index contributed by atoms with van der Waals surface area (Å²) in [5.74, 6) is -0.366. The van der Waals surface area contributed by atoms with Crippen molar-refractivity contribution in [2.24, 2.45) is 0 Å². The predicted molar refractivity (Wildman–Crippen MR) is 110 cm³/mol. The Morgan fingerprint density at radius 3 is 2.75 bits per heavy atom. The van der Waals surface area contributed by atoms with Crippen LogP contribution < -0.4 is 10.2 Å². The molecule has 2 aromatic rings. The average Bonchev–Trinajstić information content (AvgIpc) is 2.90. The van der Waals surface area contributed by atoms with Gasteiger partial charge in [-0.25, -0.2) is 4.79 Å². The zero-order valence-electron chi connectivity index (χ0n) is 15.2. The molecule has 7 heteroatoms. The molecule has 0 aromatic heterocycles. The maximum absolute atomic E-state index is 12.5. The van der Waals surface area contributed by atoms with Crippen molar-refractivity contribution < 1.29 is 19.1 Å². The van der Waals surface area contributed by atoms with Crippen molar-refractivity contribution in [2.75, 3.05) is 29.1 Å². The van der Waals surface area contributed by atoms with E-state index < -0.39 is 5.97 Å². The van der Waals surface area contributed by atoms with E-state index in [1.807, 2.05) is 18.2 Å². The van der Waals surface area contributed by atoms with Gasteiger partial charge in [-0.15, -0.1) is 18.3 Å². The number of carbonyl (C=O) groups is 3. The number of anilines is 2. The van der Waals surface area contributed by atoms with Crippen LogP contribution in [0.4, 0.5) is 11.4 Å². The molecule has 0 unspecified atom stereocenters. The summed E-state index contributed by atoms with van der Waals surface area (Å²) in [6, 6.07) is 14.1. The first-order chi connectivity index (χ1) is 13.6. The first-order valence-corrected chi connectivity index (χ1v) is 9.77. The molecule has 0 atom stereocenters. The quantitative estimate of drug-likeness (QED) is 0.597. The monoisotopic (exact) mass is 396 g/mol. The largest absolute Gasteiger partial charge is 0.452 e. The topological polar surface area (TPSA) is 75.7 Å². The third-order valence-corrected chi connectivity index (χ3v) is 5.16. The number of amides is 2. The van der Waals surface area contributed by atoms with E-state index in [4.69, 9.17) is 4.74 Å². The highest BCUT2D eigenvalue weighted by atomic mass is 32.2. The predicted octanol–water partition coefficient (Wildman–Crippen LogP) is 3.50. The number of ether oxygens (including phenoxy) is 1. The van der Waals surface area contributed by atoms with Crippen molar-refractivity contribution >= 4 is 40.9 Å². The Bertz CT molecular complexity index is 899. The fourth-order valence-electron chi connectivity index (χ4n) is 2.72. The molecule has 3 rings (SSSR count). The Morgan fingerprint density at radius 2 is 2.00 bits per heavy atom. The molecular formula is C21H20N2O4S. The van der Waals surface area contributed by atoms with Crippen LogP contribution in [0, 0.1) is 0 Å². The summed E-state index contributed by atoms with van der Waals surface area (Å²) in [6.45, 7) is 3.59. The number of hydrogen-bond acceptors (Lipinski definition) is 5. The summed E-state index contributed by atoms with van der Waals surface area (Å²) in [5.41, 5.74) is 1.57. The van der Waals surface area contributed by atoms with E-state index >= 15 is 0 Å². The van der Waals surface area contributed by atoms with Crippen molar-refractivity contribution in [3.63, 3.8) is 0 Å². The SMILES string of the molecule is C=CCN(C(=O)COC(=O)c1ccc2c(c1)NC(=O)CCS2)c1ccccc1. The van der Waals surface area contributed by atoms with Gasteiger partial charge in [0.25, 0.3) is 5.91 Å². The van der Waals surface area contributed by atoms with Crippen molar-refractivity contribution in [3.05, 3.63) is 66.7 Å². The van der Waals surface area contributed by atoms with Gasteiger partial charge in [-0.3, -0.25) is 9.59 Å². The van der Waals surface area contributed by atoms with Crippen molar-refractivity contribution in [2.45, 2.75) is 11.3 Å². The van der Waals surface area contributed by atoms with Gasteiger partial charge in [-0.2, -0.15) is 0 Å². The summed E-state index contributed by atoms with van der Waals surface area (Å²) in [5, 5.41) is 2.79. The molecule has 0 fully saturated rings. The minimum atomic E-state index is -0.619. The van der Waals surface area contributed by atoms with Crippen LogP contribution in [0.5, 0.6) is 0 Å². The second-order valence-corrected chi connectivity index (χ2v) is 7.20. The number of rotatable bonds is 6. The van der Waals surface area contributed by atoms with Crippen molar-refractivity contribution in [1.82, 2.24) is 0 Å². The first-order valence-electron chi connectivity index (χ1n) is 8.78. The lowest BCUT2D eigenvalue weighted by Crippen LogP contribution is -2.34. The molecule has 144 valence electrons. The van der Waals surface area contributed by atoms with E-state index in [9.17, 15) is 14.4 Å². The normalized spacial score (nSPS) is 12.9. The molecule has 0 radical (unpaired) electrons. The van der Waals surface area contributed by atoms with Crippen LogP contribution in [-0.4, -0.2) is 36.7 Å². The number of nitrogens with one attached hydrogen (secondary N) is 1. The Labute approximate surface area is 167 Å². The summed E-state index contributed by atoms with van der Waals surface area (Å²) < 4.78 is 5.20. The zero-order chi connectivity index (χ0) is 19.9. The molecule has 1 aliphatic heterocycles. The summed E-state index contributed by atoms with van der Waals surface area (Å²) in [4.78, 5) is 39.0. The van der Waals surface area contributed by atoms with E-state index in [-0.39, 0.29) is 24.0 Å². The zero-order valence-corrected chi connectivity index (χ0v) is 16.0. The number of nitrogens with zero attached hydrogens (tertiary/aromatic N) is 1. The number of carbonyl (C=O) groups excluding carboxylic acids is 3. The van der Waals surface area contributed by atoms with Gasteiger partial charge in [0.15, 0.2) is 6.61 Å². The van der Waals surface area contributed by atoms with E-state index in [1.165, 1.54) is 4.90 Å². The molecule has 0 saturated carbocycles. The van der Waals surface area contributed by atoms with Crippen LogP contribution in [0.3, 0.4) is 0 Å². The number of thioether (sulfide) groups is 1. The van der Waals surface area contributed by atoms with Gasteiger partial charge in [0, 0.05) is 29.3 Å². The van der Waals surface area contributed by atoms with Crippen LogP contribution in [0.1, 0.15) is 16.8 Å². The van der Waals surface area contributed by atoms with E-state index in [0.29, 0.717) is 30.1 Å². The Hall–Kier alpha value is -3.06. The van der Waals surface area contributed by atoms with Gasteiger partial charge >= 0.3 is 5.97 Å². The van der Waals surface area contributed by atoms with Gasteiger partial charge in [0.2, 0.25) is 5.91 Å². The number of para-hydroxylation sites is 1. The lowest BCUT2D eigenvalue weighted by atomic mass is 10.2. The molecule has 0 spiro atoms. The third kappa shape index (κ3) is 4.80. The highest BCUT2D eigenvalue weighted by Crippen LogP contribution is 2.31. The third-order valence-electron chi connectivity index (χ3n) is 4.08. The molecule has 0 bridgehead atoms. The van der Waals surface area contributed by atoms with Crippen LogP contribution >= 0.6 is 11.8 Å². The fourth-order valence-corrected chi connectivity index (χ4v) is 3.66. The molecule has 2 amide bonds. The van der Waals surface area contributed by atoms with Crippen molar-refractivity contribution in [3.8, 4) is 0 Å². The first kappa shape index (κ1) is 19.7. The van der Waals surface area contributed by atoms with E-state index in [1.54, 1.807) is 48.2 Å². The summed E-state index contributed by atoms with van der Waals surface area (Å²) in [6.07, 6.45) is 2.03. The van der Waals surface area contributed by atoms with Crippen molar-refractivity contribution in [1.29, 1.82) is 0 Å². The minimum absolute atomic E-state index is 0.0881. The van der Waals surface area contributed by atoms with E-state index in [2.05, 4.69) is 11.9 Å².